The SMILES string of the molecule is O=C(O)CCCCC(=O)O.O=[N+]([O-])O. The lowest BCUT2D eigenvalue weighted by atomic mass is 10.2. The molecule has 0 fully saturated rings. The van der Waals surface area contributed by atoms with Gasteiger partial charge in [0.25, 0.3) is 5.09 Å². The van der Waals surface area contributed by atoms with Crippen molar-refractivity contribution >= 4 is 11.9 Å². The third-order valence-electron chi connectivity index (χ3n) is 1.03. The van der Waals surface area contributed by atoms with E-state index in [2.05, 4.69) is 0 Å². The quantitative estimate of drug-likeness (QED) is 0.337. The number of nitrogens with zero attached hydrogens (tertiary/aromatic N) is 1. The summed E-state index contributed by atoms with van der Waals surface area (Å²) in [5, 5.41) is 29.9. The highest BCUT2D eigenvalue weighted by Crippen LogP contribution is 1.98. The highest BCUT2D eigenvalue weighted by molar-refractivity contribution is 5.67. The molecule has 0 radical (unpaired) electrons. The molecule has 0 unspecified atom stereocenters. The predicted octanol–water partition coefficient (Wildman–Crippen LogP) is 0.368. The fraction of sp³-hybridized carbons (Fsp3) is 0.667. The first kappa shape index (κ1) is 14.7. The zero-order chi connectivity index (χ0) is 11.6. The maximum Gasteiger partial charge on any atom is 0.303 e. The summed E-state index contributed by atoms with van der Waals surface area (Å²) in [4.78, 5) is 28.2. The van der Waals surface area contributed by atoms with Crippen LogP contribution in [-0.4, -0.2) is 32.4 Å². The Hall–Kier alpha value is -1.86. The van der Waals surface area contributed by atoms with Crippen LogP contribution >= 0.6 is 0 Å². The van der Waals surface area contributed by atoms with Gasteiger partial charge in [0.15, 0.2) is 0 Å². The van der Waals surface area contributed by atoms with Crippen molar-refractivity contribution in [2.24, 2.45) is 0 Å². The fourth-order valence-electron chi connectivity index (χ4n) is 0.552. The Kier molecular flexibility index (Phi) is 9.66. The standard InChI is InChI=1S/C6H10O4.HNO3/c7-5(8)3-1-2-4-6(9)10;2-1(3)4/h1-4H2,(H,7,8)(H,9,10);(H,2,3,4). The smallest absolute Gasteiger partial charge is 0.303 e. The minimum Gasteiger partial charge on any atom is -0.481 e. The Morgan fingerprint density at radius 2 is 1.29 bits per heavy atom. The van der Waals surface area contributed by atoms with E-state index in [1.54, 1.807) is 0 Å². The Morgan fingerprint density at radius 1 is 1.07 bits per heavy atom. The van der Waals surface area contributed by atoms with Gasteiger partial charge in [-0.15, -0.1) is 10.1 Å². The van der Waals surface area contributed by atoms with Gasteiger partial charge in [0.05, 0.1) is 0 Å². The van der Waals surface area contributed by atoms with Gasteiger partial charge in [-0.05, 0) is 12.8 Å². The van der Waals surface area contributed by atoms with E-state index in [9.17, 15) is 9.59 Å². The first-order valence-corrected chi connectivity index (χ1v) is 3.63. The van der Waals surface area contributed by atoms with Crippen LogP contribution in [-0.2, 0) is 9.59 Å². The Labute approximate surface area is 78.9 Å². The van der Waals surface area contributed by atoms with Crippen LogP contribution in [0.2, 0.25) is 0 Å². The molecule has 0 spiro atoms. The second kappa shape index (κ2) is 9.23. The number of hydrogen-bond acceptors (Lipinski definition) is 4. The van der Waals surface area contributed by atoms with E-state index in [-0.39, 0.29) is 12.8 Å². The van der Waals surface area contributed by atoms with E-state index in [1.807, 2.05) is 0 Å². The number of carbonyl (C=O) groups is 2. The van der Waals surface area contributed by atoms with Gasteiger partial charge < -0.3 is 15.4 Å². The first-order chi connectivity index (χ1) is 6.36. The topological polar surface area (TPSA) is 138 Å². The van der Waals surface area contributed by atoms with E-state index in [4.69, 9.17) is 25.5 Å². The molecule has 0 bridgehead atoms. The van der Waals surface area contributed by atoms with Crippen LogP contribution in [0.25, 0.3) is 0 Å². The minimum atomic E-state index is -1.50. The third-order valence-corrected chi connectivity index (χ3v) is 1.03. The average molecular weight is 209 g/mol. The lowest BCUT2D eigenvalue weighted by Crippen LogP contribution is -1.97. The van der Waals surface area contributed by atoms with Crippen LogP contribution in [0.1, 0.15) is 25.7 Å². The van der Waals surface area contributed by atoms with Crippen LogP contribution in [0.4, 0.5) is 0 Å². The average Bonchev–Trinajstić information content (AvgIpc) is 1.96. The molecule has 0 saturated carbocycles. The molecule has 82 valence electrons. The Balaban J connectivity index is 0. The van der Waals surface area contributed by atoms with Gasteiger partial charge in [0.2, 0.25) is 0 Å². The highest BCUT2D eigenvalue weighted by atomic mass is 16.9. The lowest BCUT2D eigenvalue weighted by molar-refractivity contribution is -0.742. The van der Waals surface area contributed by atoms with Crippen LogP contribution in [0.5, 0.6) is 0 Å². The van der Waals surface area contributed by atoms with E-state index in [1.165, 1.54) is 0 Å². The van der Waals surface area contributed by atoms with Gasteiger partial charge in [-0.1, -0.05) is 0 Å². The van der Waals surface area contributed by atoms with Crippen molar-refractivity contribution in [1.29, 1.82) is 0 Å². The third kappa shape index (κ3) is 32.1. The summed E-state index contributed by atoms with van der Waals surface area (Å²) in [6.45, 7) is 0. The molecule has 0 aliphatic heterocycles. The molecular weight excluding hydrogens is 198 g/mol. The van der Waals surface area contributed by atoms with E-state index in [0.717, 1.165) is 0 Å². The molecule has 0 heterocycles. The summed E-state index contributed by atoms with van der Waals surface area (Å²) in [6, 6.07) is 0. The fourth-order valence-corrected chi connectivity index (χ4v) is 0.552. The van der Waals surface area contributed by atoms with Crippen LogP contribution in [0.15, 0.2) is 0 Å². The maximum absolute atomic E-state index is 9.90. The van der Waals surface area contributed by atoms with Crippen molar-refractivity contribution in [1.82, 2.24) is 0 Å². The molecule has 0 amide bonds. The Bertz CT molecular complexity index is 182. The predicted molar refractivity (Wildman–Crippen MR) is 42.5 cm³/mol. The Morgan fingerprint density at radius 3 is 1.43 bits per heavy atom. The molecule has 3 N–H and O–H groups in total. The number of rotatable bonds is 5. The molecule has 0 aliphatic carbocycles. The second-order valence-corrected chi connectivity index (χ2v) is 2.23. The van der Waals surface area contributed by atoms with Gasteiger partial charge in [0, 0.05) is 12.8 Å². The highest BCUT2D eigenvalue weighted by Gasteiger charge is 1.99. The molecule has 0 aromatic carbocycles. The van der Waals surface area contributed by atoms with E-state index in [0.29, 0.717) is 12.8 Å². The molecule has 0 aliphatic rings. The van der Waals surface area contributed by atoms with E-state index < -0.39 is 17.0 Å². The first-order valence-electron chi connectivity index (χ1n) is 3.63. The summed E-state index contributed by atoms with van der Waals surface area (Å²) in [6.07, 6.45) is 1.02. The molecule has 0 rings (SSSR count). The molecule has 14 heavy (non-hydrogen) atoms. The zero-order valence-corrected chi connectivity index (χ0v) is 7.25. The normalized spacial score (nSPS) is 8.29. The molecule has 0 atom stereocenters. The van der Waals surface area contributed by atoms with Crippen molar-refractivity contribution in [3.63, 3.8) is 0 Å². The monoisotopic (exact) mass is 209 g/mol. The number of unbranched alkanes of at least 4 members (excludes halogenated alkanes) is 1. The summed E-state index contributed by atoms with van der Waals surface area (Å²) in [7, 11) is 0. The van der Waals surface area contributed by atoms with Crippen molar-refractivity contribution in [2.75, 3.05) is 0 Å². The molecule has 8 heteroatoms. The molecule has 0 saturated heterocycles. The van der Waals surface area contributed by atoms with Crippen molar-refractivity contribution in [3.05, 3.63) is 10.1 Å². The van der Waals surface area contributed by atoms with Crippen molar-refractivity contribution in [2.45, 2.75) is 25.7 Å². The van der Waals surface area contributed by atoms with Crippen LogP contribution in [0.3, 0.4) is 0 Å². The molecule has 0 aromatic heterocycles. The van der Waals surface area contributed by atoms with Gasteiger partial charge >= 0.3 is 11.9 Å². The number of carboxylic acids is 2. The van der Waals surface area contributed by atoms with Gasteiger partial charge in [-0.3, -0.25) is 9.59 Å². The molecular formula is C6H11NO7. The maximum atomic E-state index is 9.90. The summed E-state index contributed by atoms with van der Waals surface area (Å²) in [5.74, 6) is -1.74. The summed E-state index contributed by atoms with van der Waals surface area (Å²) < 4.78 is 0. The summed E-state index contributed by atoms with van der Waals surface area (Å²) >= 11 is 0. The minimum absolute atomic E-state index is 0.0628. The zero-order valence-electron chi connectivity index (χ0n) is 7.25. The number of hydrogen-bond donors (Lipinski definition) is 3. The van der Waals surface area contributed by atoms with Gasteiger partial charge in [0.1, 0.15) is 0 Å². The molecule has 0 aromatic rings. The lowest BCUT2D eigenvalue weighted by Gasteiger charge is -1.92. The largest absolute Gasteiger partial charge is 0.481 e. The van der Waals surface area contributed by atoms with Crippen LogP contribution in [0, 0.1) is 10.1 Å². The van der Waals surface area contributed by atoms with Crippen molar-refractivity contribution < 1.29 is 30.1 Å². The van der Waals surface area contributed by atoms with E-state index >= 15 is 0 Å². The number of carboxylic acid groups (broad SMARTS) is 2. The van der Waals surface area contributed by atoms with Gasteiger partial charge in [-0.2, -0.15) is 0 Å². The van der Waals surface area contributed by atoms with Crippen molar-refractivity contribution in [3.8, 4) is 0 Å². The second-order valence-electron chi connectivity index (χ2n) is 2.23. The summed E-state index contributed by atoms with van der Waals surface area (Å²) in [5.41, 5.74) is 0. The van der Waals surface area contributed by atoms with Gasteiger partial charge in [-0.25, -0.2) is 0 Å². The molecule has 8 nitrogen and oxygen atoms in total. The van der Waals surface area contributed by atoms with Crippen LogP contribution < -0.4 is 0 Å². The number of aliphatic carboxylic acids is 2.